The molecule has 1 fully saturated rings. The van der Waals surface area contributed by atoms with E-state index in [0.717, 1.165) is 9.13 Å². The number of imidazole rings is 1. The van der Waals surface area contributed by atoms with Crippen molar-refractivity contribution in [3.05, 3.63) is 27.2 Å². The molecule has 0 amide bonds. The molecule has 1 aliphatic heterocycles. The molecule has 0 radical (unpaired) electrons. The maximum atomic E-state index is 12.4. The molecule has 11 nitrogen and oxygen atoms in total. The van der Waals surface area contributed by atoms with E-state index < -0.39 is 48.5 Å². The number of rotatable bonds is 2. The number of ether oxygens (including phenoxy) is 1. The van der Waals surface area contributed by atoms with Gasteiger partial charge in [-0.05, 0) is 0 Å². The van der Waals surface area contributed by atoms with Crippen molar-refractivity contribution >= 4 is 11.2 Å². The topological polar surface area (TPSA) is 152 Å². The van der Waals surface area contributed by atoms with E-state index >= 15 is 0 Å². The van der Waals surface area contributed by atoms with Gasteiger partial charge in [0.2, 0.25) is 0 Å². The Balaban J connectivity index is 2.20. The summed E-state index contributed by atoms with van der Waals surface area (Å²) in [5.74, 6) is 0. The number of aliphatic hydroxyl groups excluding tert-OH is 4. The maximum absolute atomic E-state index is 12.4. The summed E-state index contributed by atoms with van der Waals surface area (Å²) in [6.07, 6.45) is -5.86. The van der Waals surface area contributed by atoms with Crippen molar-refractivity contribution < 1.29 is 25.2 Å². The van der Waals surface area contributed by atoms with Gasteiger partial charge in [0.05, 0.1) is 12.9 Å². The Morgan fingerprint density at radius 3 is 2.42 bits per heavy atom. The predicted molar refractivity (Wildman–Crippen MR) is 79.2 cm³/mol. The fourth-order valence-corrected chi connectivity index (χ4v) is 2.87. The van der Waals surface area contributed by atoms with Crippen LogP contribution in [0.1, 0.15) is 6.23 Å². The normalized spacial score (nSPS) is 30.8. The number of nitrogens with zero attached hydrogens (tertiary/aromatic N) is 4. The average Bonchev–Trinajstić information content (AvgIpc) is 3.01. The van der Waals surface area contributed by atoms with Gasteiger partial charge < -0.3 is 25.2 Å². The van der Waals surface area contributed by atoms with Crippen LogP contribution in [0.5, 0.6) is 0 Å². The Bertz CT molecular complexity index is 883. The zero-order valence-corrected chi connectivity index (χ0v) is 13.0. The molecule has 0 aliphatic carbocycles. The van der Waals surface area contributed by atoms with Crippen LogP contribution in [0, 0.1) is 0 Å². The molecule has 1 aliphatic rings. The third kappa shape index (κ3) is 2.21. The number of aliphatic hydroxyl groups is 4. The number of fused-ring (bicyclic) bond motifs is 1. The summed E-state index contributed by atoms with van der Waals surface area (Å²) in [6.45, 7) is -0.593. The Morgan fingerprint density at radius 1 is 1.12 bits per heavy atom. The number of hydrogen-bond donors (Lipinski definition) is 4. The van der Waals surface area contributed by atoms with E-state index in [2.05, 4.69) is 4.98 Å². The van der Waals surface area contributed by atoms with Crippen molar-refractivity contribution in [2.24, 2.45) is 14.1 Å². The van der Waals surface area contributed by atoms with E-state index in [0.29, 0.717) is 0 Å². The van der Waals surface area contributed by atoms with Crippen LogP contribution in [-0.2, 0) is 18.8 Å². The van der Waals surface area contributed by atoms with Gasteiger partial charge in [0, 0.05) is 14.1 Å². The van der Waals surface area contributed by atoms with E-state index in [-0.39, 0.29) is 11.2 Å². The first-order chi connectivity index (χ1) is 11.3. The molecule has 0 aromatic carbocycles. The summed E-state index contributed by atoms with van der Waals surface area (Å²) in [5.41, 5.74) is -1.14. The molecule has 0 unspecified atom stereocenters. The number of aryl methyl sites for hydroxylation is 1. The van der Waals surface area contributed by atoms with Crippen molar-refractivity contribution in [2.75, 3.05) is 6.61 Å². The van der Waals surface area contributed by atoms with Crippen LogP contribution in [0.4, 0.5) is 0 Å². The van der Waals surface area contributed by atoms with Gasteiger partial charge in [-0.1, -0.05) is 0 Å². The highest BCUT2D eigenvalue weighted by molar-refractivity contribution is 5.70. The second-order valence-corrected chi connectivity index (χ2v) is 5.75. The molecule has 1 saturated heterocycles. The van der Waals surface area contributed by atoms with Crippen LogP contribution in [-0.4, -0.2) is 70.1 Å². The lowest BCUT2D eigenvalue weighted by Gasteiger charge is -2.40. The summed E-state index contributed by atoms with van der Waals surface area (Å²) in [7, 11) is 2.74. The van der Waals surface area contributed by atoms with Crippen LogP contribution in [0.3, 0.4) is 0 Å². The lowest BCUT2D eigenvalue weighted by atomic mass is 9.98. The molecule has 5 atom stereocenters. The Labute approximate surface area is 134 Å². The van der Waals surface area contributed by atoms with Gasteiger partial charge in [0.25, 0.3) is 5.56 Å². The Hall–Kier alpha value is -2.05. The smallest absolute Gasteiger partial charge is 0.332 e. The first kappa shape index (κ1) is 16.8. The van der Waals surface area contributed by atoms with Crippen LogP contribution in [0.2, 0.25) is 0 Å². The van der Waals surface area contributed by atoms with Crippen LogP contribution in [0.25, 0.3) is 11.2 Å². The van der Waals surface area contributed by atoms with Crippen molar-refractivity contribution in [1.82, 2.24) is 18.7 Å². The zero-order chi connectivity index (χ0) is 17.8. The fourth-order valence-electron chi connectivity index (χ4n) is 2.87. The lowest BCUT2D eigenvalue weighted by Crippen LogP contribution is -2.56. The molecule has 0 saturated carbocycles. The SMILES string of the molecule is Cn1c(=O)c2c(ncn2[C@@H]2O[C@H](CO)[C@H](O)[C@H](O)[C@H]2O)n(C)c1=O. The average molecular weight is 342 g/mol. The summed E-state index contributed by atoms with van der Waals surface area (Å²) in [6, 6.07) is 0. The first-order valence-corrected chi connectivity index (χ1v) is 7.22. The summed E-state index contributed by atoms with van der Waals surface area (Å²) >= 11 is 0. The molecule has 132 valence electrons. The van der Waals surface area contributed by atoms with Gasteiger partial charge in [0.1, 0.15) is 24.4 Å². The predicted octanol–water partition coefficient (Wildman–Crippen LogP) is -3.59. The minimum atomic E-state index is -1.59. The summed E-state index contributed by atoms with van der Waals surface area (Å²) < 4.78 is 8.65. The lowest BCUT2D eigenvalue weighted by molar-refractivity contribution is -0.250. The highest BCUT2D eigenvalue weighted by Crippen LogP contribution is 2.29. The van der Waals surface area contributed by atoms with Gasteiger partial charge >= 0.3 is 5.69 Å². The molecule has 2 aromatic heterocycles. The molecular formula is C13H18N4O7. The summed E-state index contributed by atoms with van der Waals surface area (Å²) in [5, 5.41) is 39.2. The van der Waals surface area contributed by atoms with Gasteiger partial charge in [0.15, 0.2) is 17.4 Å². The van der Waals surface area contributed by atoms with E-state index in [4.69, 9.17) is 4.74 Å². The van der Waals surface area contributed by atoms with E-state index in [1.165, 1.54) is 25.0 Å². The standard InChI is InChI=1S/C13H18N4O7/c1-15-10-6(11(22)16(2)13(15)23)17(4-14-10)12-9(21)8(20)7(19)5(3-18)24-12/h4-5,7-9,12,18-21H,3H2,1-2H3/t5-,7+,8+,9-,12-/m1/s1. The fraction of sp³-hybridized carbons (Fsp3) is 0.615. The molecule has 24 heavy (non-hydrogen) atoms. The van der Waals surface area contributed by atoms with Crippen LogP contribution in [0.15, 0.2) is 15.9 Å². The Morgan fingerprint density at radius 2 is 1.79 bits per heavy atom. The monoisotopic (exact) mass is 342 g/mol. The Kier molecular flexibility index (Phi) is 4.05. The second kappa shape index (κ2) is 5.79. The first-order valence-electron chi connectivity index (χ1n) is 7.22. The third-order valence-corrected chi connectivity index (χ3v) is 4.31. The minimum absolute atomic E-state index is 0.0103. The highest BCUT2D eigenvalue weighted by Gasteiger charge is 2.44. The highest BCUT2D eigenvalue weighted by atomic mass is 16.6. The van der Waals surface area contributed by atoms with Crippen molar-refractivity contribution in [1.29, 1.82) is 0 Å². The van der Waals surface area contributed by atoms with E-state index in [1.807, 2.05) is 0 Å². The third-order valence-electron chi connectivity index (χ3n) is 4.31. The van der Waals surface area contributed by atoms with Gasteiger partial charge in [-0.2, -0.15) is 0 Å². The van der Waals surface area contributed by atoms with Crippen molar-refractivity contribution in [3.63, 3.8) is 0 Å². The second-order valence-electron chi connectivity index (χ2n) is 5.75. The van der Waals surface area contributed by atoms with Crippen LogP contribution < -0.4 is 11.2 Å². The van der Waals surface area contributed by atoms with Gasteiger partial charge in [-0.25, -0.2) is 9.78 Å². The minimum Gasteiger partial charge on any atom is -0.394 e. The molecule has 3 rings (SSSR count). The van der Waals surface area contributed by atoms with Gasteiger partial charge in [-0.3, -0.25) is 18.5 Å². The number of aromatic nitrogens is 4. The largest absolute Gasteiger partial charge is 0.394 e. The zero-order valence-electron chi connectivity index (χ0n) is 13.0. The quantitative estimate of drug-likeness (QED) is 0.437. The van der Waals surface area contributed by atoms with Crippen molar-refractivity contribution in [3.8, 4) is 0 Å². The molecule has 3 heterocycles. The maximum Gasteiger partial charge on any atom is 0.332 e. The molecule has 2 aromatic rings. The van der Waals surface area contributed by atoms with Crippen LogP contribution >= 0.6 is 0 Å². The summed E-state index contributed by atoms with van der Waals surface area (Å²) in [4.78, 5) is 28.4. The van der Waals surface area contributed by atoms with Gasteiger partial charge in [-0.15, -0.1) is 0 Å². The van der Waals surface area contributed by atoms with E-state index in [9.17, 15) is 30.0 Å². The molecular weight excluding hydrogens is 324 g/mol. The number of hydrogen-bond acceptors (Lipinski definition) is 8. The van der Waals surface area contributed by atoms with Crippen molar-refractivity contribution in [2.45, 2.75) is 30.6 Å². The molecule has 11 heteroatoms. The molecule has 4 N–H and O–H groups in total. The van der Waals surface area contributed by atoms with E-state index in [1.54, 1.807) is 0 Å². The molecule has 0 bridgehead atoms. The molecule has 0 spiro atoms.